The fourth-order valence-corrected chi connectivity index (χ4v) is 11.2. The molecule has 98 heavy (non-hydrogen) atoms. The van der Waals surface area contributed by atoms with E-state index in [1.165, 1.54) is 51.0 Å². The van der Waals surface area contributed by atoms with Crippen molar-refractivity contribution in [3.05, 3.63) is 29.8 Å². The molecule has 3 aliphatic rings. The van der Waals surface area contributed by atoms with Gasteiger partial charge in [-0.05, 0) is 89.5 Å². The fraction of sp³-hybridized carbons (Fsp3) is 0.635. The van der Waals surface area contributed by atoms with Crippen molar-refractivity contribution in [3.63, 3.8) is 0 Å². The summed E-state index contributed by atoms with van der Waals surface area (Å²) in [5.74, 6) is -23.4. The summed E-state index contributed by atoms with van der Waals surface area (Å²) >= 11 is 0. The van der Waals surface area contributed by atoms with E-state index in [4.69, 9.17) is 5.73 Å². The number of piperidine rings is 1. The van der Waals surface area contributed by atoms with Crippen molar-refractivity contribution in [2.45, 2.75) is 217 Å². The van der Waals surface area contributed by atoms with Crippen LogP contribution >= 0.6 is 0 Å². The van der Waals surface area contributed by atoms with Crippen LogP contribution in [-0.4, -0.2) is 224 Å². The molecule has 3 aliphatic heterocycles. The first-order chi connectivity index (χ1) is 46.2. The van der Waals surface area contributed by atoms with Crippen LogP contribution in [0.4, 0.5) is 5.69 Å². The summed E-state index contributed by atoms with van der Waals surface area (Å²) in [6.45, 7) is 6.34. The molecule has 4 rings (SSSR count). The second kappa shape index (κ2) is 39.4. The second-order valence-corrected chi connectivity index (χ2v) is 25.1. The maximum absolute atomic E-state index is 15.3. The van der Waals surface area contributed by atoms with Crippen LogP contribution in [0.2, 0.25) is 0 Å². The number of carbonyl (C=O) groups excluding carboxylic acids is 13. The Morgan fingerprint density at radius 1 is 0.571 bits per heavy atom. The maximum atomic E-state index is 15.3. The largest absolute Gasteiger partial charge is 0.481 e. The lowest BCUT2D eigenvalue weighted by Crippen LogP contribution is -2.66. The number of rotatable bonds is 24. The molecule has 0 saturated carbocycles. The van der Waals surface area contributed by atoms with E-state index in [1.54, 1.807) is 13.8 Å². The van der Waals surface area contributed by atoms with E-state index in [1.807, 2.05) is 16.0 Å². The van der Waals surface area contributed by atoms with Crippen molar-refractivity contribution < 1.29 is 102 Å². The highest BCUT2D eigenvalue weighted by Crippen LogP contribution is 2.24. The number of anilines is 1. The number of nitrogens with one attached hydrogen (secondary N) is 11. The van der Waals surface area contributed by atoms with Crippen molar-refractivity contribution in [2.24, 2.45) is 17.6 Å². The van der Waals surface area contributed by atoms with E-state index in [2.05, 4.69) is 49.5 Å². The van der Waals surface area contributed by atoms with Crippen LogP contribution in [0.3, 0.4) is 0 Å². The highest BCUT2D eigenvalue weighted by atomic mass is 16.4. The first-order valence-corrected chi connectivity index (χ1v) is 32.9. The number of aliphatic carboxylic acids is 4. The van der Waals surface area contributed by atoms with Crippen LogP contribution in [0.1, 0.15) is 161 Å². The van der Waals surface area contributed by atoms with Crippen LogP contribution in [-0.2, 0) is 76.7 Å². The van der Waals surface area contributed by atoms with Gasteiger partial charge in [0.1, 0.15) is 54.4 Å². The van der Waals surface area contributed by atoms with Crippen LogP contribution in [0.5, 0.6) is 0 Å². The molecule has 0 aromatic heterocycles. The molecule has 3 saturated heterocycles. The van der Waals surface area contributed by atoms with Crippen molar-refractivity contribution in [2.75, 3.05) is 31.5 Å². The Labute approximate surface area is 565 Å². The number of hydrogen-bond acceptors (Lipinski definition) is 18. The number of carboxylic acid groups (broad SMARTS) is 4. The minimum absolute atomic E-state index is 0.00571. The molecular weight excluding hydrogens is 1290 g/mol. The lowest BCUT2D eigenvalue weighted by atomic mass is 9.96. The number of benzene rings is 1. The zero-order valence-electron chi connectivity index (χ0n) is 55.9. The topological polar surface area (TPSA) is 536 Å². The summed E-state index contributed by atoms with van der Waals surface area (Å²) < 4.78 is 0. The molecule has 35 heteroatoms. The maximum Gasteiger partial charge on any atom is 0.308 e. The van der Waals surface area contributed by atoms with Crippen LogP contribution in [0.15, 0.2) is 24.3 Å². The van der Waals surface area contributed by atoms with Crippen molar-refractivity contribution in [1.29, 1.82) is 0 Å². The number of amides is 13. The van der Waals surface area contributed by atoms with E-state index >= 15 is 4.79 Å². The number of carbonyl (C=O) groups is 17. The molecule has 3 fully saturated rings. The van der Waals surface area contributed by atoms with Crippen molar-refractivity contribution in [1.82, 2.24) is 63.0 Å². The third-order valence-electron chi connectivity index (χ3n) is 16.8. The van der Waals surface area contributed by atoms with Gasteiger partial charge in [0.2, 0.25) is 70.9 Å². The van der Waals surface area contributed by atoms with Crippen LogP contribution in [0, 0.1) is 11.8 Å². The molecule has 0 bridgehead atoms. The summed E-state index contributed by atoms with van der Waals surface area (Å²) in [5.41, 5.74) is 6.37. The average Bonchev–Trinajstić information content (AvgIpc) is 1.20. The Balaban J connectivity index is 1.77. The standard InChI is InChI=1S/C63H94N14O21/c1-7-8-9-10-11-12-13-14-20-43(78)68-37-23-21-36(22-24-37)53(87)70-40(29-48(85)86)56(90)75-52-35(6)67-57(91)42-19-17-26-77(42)61(95)49(32(2)3)73-60(94)51(34(5)64)72-45(80)31-66-54(88)38(27-46(81)82)69-44(79)30-65-55(89)39(28-47(83)84)71-59(93)50(33(4)63(97)98)74-58(92)41-18-15-16-25-76(41)62(52)96/h21-24,32-35,38-42,49-52H,7-20,25-31,64H2,1-6H3,(H,65,89)(H,66,88)(H,67,91)(H,68,78)(H,69,79)(H,70,87)(H,71,93)(H,72,80)(H,73,94)(H,74,92)(H,75,90)(H,81,82)(H,83,84)(H,85,86)(H,97,98). The SMILES string of the molecule is CCCCCCCCCCC(=O)Nc1ccc(C(=O)NC(CC(=O)O)C(=O)NC2C(=O)N3CCCCC3C(=O)NC(C(C)C(=O)O)C(=O)NC(CC(=O)O)C(=O)NCC(=O)NC(CC(=O)O)C(=O)NCC(=O)NC(C(C)N)C(=O)NC(C(C)C)C(=O)N3CCCC3C(=O)NC2C)cc1. The lowest BCUT2D eigenvalue weighted by molar-refractivity contribution is -0.150. The Hall–Kier alpha value is -9.83. The van der Waals surface area contributed by atoms with Gasteiger partial charge in [0.25, 0.3) is 5.91 Å². The van der Waals surface area contributed by atoms with Gasteiger partial charge in [0.05, 0.1) is 44.3 Å². The Morgan fingerprint density at radius 3 is 1.63 bits per heavy atom. The minimum Gasteiger partial charge on any atom is -0.481 e. The third kappa shape index (κ3) is 25.3. The normalized spacial score (nSPS) is 24.1. The monoisotopic (exact) mass is 1380 g/mol. The predicted molar refractivity (Wildman–Crippen MR) is 345 cm³/mol. The van der Waals surface area contributed by atoms with Gasteiger partial charge >= 0.3 is 23.9 Å². The quantitative estimate of drug-likeness (QED) is 0.0473. The number of hydrogen-bond donors (Lipinski definition) is 16. The third-order valence-corrected chi connectivity index (χ3v) is 16.8. The lowest BCUT2D eigenvalue weighted by Gasteiger charge is -2.39. The smallest absolute Gasteiger partial charge is 0.308 e. The van der Waals surface area contributed by atoms with E-state index < -0.39 is 205 Å². The first kappa shape index (κ1) is 80.6. The number of carboxylic acids is 4. The van der Waals surface area contributed by atoms with E-state index in [-0.39, 0.29) is 63.1 Å². The molecule has 12 atom stereocenters. The molecule has 35 nitrogen and oxygen atoms in total. The molecule has 0 spiro atoms. The molecule has 13 amide bonds. The first-order valence-electron chi connectivity index (χ1n) is 32.9. The Kier molecular flexibility index (Phi) is 32.4. The van der Waals surface area contributed by atoms with E-state index in [9.17, 15) is 97.1 Å². The number of nitrogens with two attached hydrogens (primary N) is 1. The molecule has 0 aliphatic carbocycles. The summed E-state index contributed by atoms with van der Waals surface area (Å²) in [6.07, 6.45) is 5.42. The van der Waals surface area contributed by atoms with E-state index in [0.717, 1.165) is 48.8 Å². The van der Waals surface area contributed by atoms with Crippen LogP contribution in [0.25, 0.3) is 0 Å². The fourth-order valence-electron chi connectivity index (χ4n) is 11.2. The summed E-state index contributed by atoms with van der Waals surface area (Å²) in [4.78, 5) is 233. The predicted octanol–water partition coefficient (Wildman–Crippen LogP) is -2.57. The van der Waals surface area contributed by atoms with E-state index in [0.29, 0.717) is 12.1 Å². The molecule has 1 aromatic rings. The number of fused-ring (bicyclic) bond motifs is 2. The number of nitrogens with zero attached hydrogens (tertiary/aromatic N) is 2. The van der Waals surface area contributed by atoms with Gasteiger partial charge in [-0.3, -0.25) is 81.5 Å². The van der Waals surface area contributed by atoms with Gasteiger partial charge in [-0.1, -0.05) is 65.7 Å². The molecule has 17 N–H and O–H groups in total. The molecular formula is C63H94N14O21. The summed E-state index contributed by atoms with van der Waals surface area (Å²) in [7, 11) is 0. The second-order valence-electron chi connectivity index (χ2n) is 25.1. The zero-order valence-corrected chi connectivity index (χ0v) is 55.9. The highest BCUT2D eigenvalue weighted by molar-refractivity contribution is 6.03. The van der Waals surface area contributed by atoms with Gasteiger partial charge in [0.15, 0.2) is 0 Å². The highest BCUT2D eigenvalue weighted by Gasteiger charge is 2.45. The Bertz CT molecular complexity index is 3090. The Morgan fingerprint density at radius 2 is 1.08 bits per heavy atom. The summed E-state index contributed by atoms with van der Waals surface area (Å²) in [5, 5.41) is 65.1. The molecule has 12 unspecified atom stereocenters. The van der Waals surface area contributed by atoms with Crippen molar-refractivity contribution in [3.8, 4) is 0 Å². The van der Waals surface area contributed by atoms with Crippen LogP contribution < -0.4 is 64.2 Å². The van der Waals surface area contributed by atoms with Gasteiger partial charge in [-0.15, -0.1) is 0 Å². The van der Waals surface area contributed by atoms with Gasteiger partial charge in [0, 0.05) is 36.8 Å². The van der Waals surface area contributed by atoms with Crippen molar-refractivity contribution >= 4 is 106 Å². The zero-order chi connectivity index (χ0) is 73.1. The molecule has 1 aromatic carbocycles. The number of unbranched alkanes of at least 4 members (excludes halogenated alkanes) is 7. The minimum atomic E-state index is -2.17. The average molecular weight is 1380 g/mol. The van der Waals surface area contributed by atoms with Gasteiger partial charge in [-0.2, -0.15) is 0 Å². The van der Waals surface area contributed by atoms with Gasteiger partial charge < -0.3 is 94.4 Å². The molecule has 0 radical (unpaired) electrons. The molecule has 3 heterocycles. The summed E-state index contributed by atoms with van der Waals surface area (Å²) in [6, 6.07) is -13.5. The molecule has 542 valence electrons. The van der Waals surface area contributed by atoms with Gasteiger partial charge in [-0.25, -0.2) is 0 Å².